The van der Waals surface area contributed by atoms with E-state index in [4.69, 9.17) is 22.1 Å². The van der Waals surface area contributed by atoms with E-state index in [0.29, 0.717) is 16.3 Å². The van der Waals surface area contributed by atoms with E-state index in [0.717, 1.165) is 11.1 Å². The number of amides is 3. The summed E-state index contributed by atoms with van der Waals surface area (Å²) >= 11 is 5.87. The summed E-state index contributed by atoms with van der Waals surface area (Å²) in [6, 6.07) is 10.8. The average Bonchev–Trinajstić information content (AvgIpc) is 2.64. The zero-order chi connectivity index (χ0) is 21.6. The van der Waals surface area contributed by atoms with Crippen LogP contribution in [0.3, 0.4) is 0 Å². The lowest BCUT2D eigenvalue weighted by Crippen LogP contribution is -2.36. The molecule has 8 heteroatoms. The number of hydrogen-bond acceptors (Lipinski definition) is 4. The first-order valence-electron chi connectivity index (χ1n) is 9.05. The molecule has 7 nitrogen and oxygen atoms in total. The highest BCUT2D eigenvalue weighted by atomic mass is 35.5. The molecule has 0 unspecified atom stereocenters. The number of urea groups is 1. The fourth-order valence-electron chi connectivity index (χ4n) is 2.82. The van der Waals surface area contributed by atoms with Crippen LogP contribution in [0.25, 0.3) is 0 Å². The van der Waals surface area contributed by atoms with Gasteiger partial charge in [0.25, 0.3) is 5.91 Å². The Morgan fingerprint density at radius 2 is 1.66 bits per heavy atom. The number of carbonyl (C=O) groups excluding carboxylic acids is 3. The van der Waals surface area contributed by atoms with Crippen molar-refractivity contribution in [3.63, 3.8) is 0 Å². The first-order chi connectivity index (χ1) is 13.7. The maximum atomic E-state index is 12.4. The molecule has 0 aliphatic heterocycles. The minimum absolute atomic E-state index is 0.189. The second kappa shape index (κ2) is 9.93. The van der Waals surface area contributed by atoms with Gasteiger partial charge in [0.05, 0.1) is 12.5 Å². The topological polar surface area (TPSA) is 111 Å². The number of esters is 1. The number of hydrogen-bond donors (Lipinski definition) is 3. The van der Waals surface area contributed by atoms with Gasteiger partial charge in [0.2, 0.25) is 0 Å². The first kappa shape index (κ1) is 22.2. The molecule has 2 aromatic carbocycles. The molecule has 2 aromatic rings. The van der Waals surface area contributed by atoms with Crippen molar-refractivity contribution in [1.82, 2.24) is 5.32 Å². The molecule has 0 fully saturated rings. The summed E-state index contributed by atoms with van der Waals surface area (Å²) in [4.78, 5) is 36.1. The van der Waals surface area contributed by atoms with Crippen LogP contribution in [-0.4, -0.2) is 24.0 Å². The number of anilines is 1. The number of nitrogens with two attached hydrogens (primary N) is 1. The van der Waals surface area contributed by atoms with Crippen LogP contribution in [0.5, 0.6) is 0 Å². The quantitative estimate of drug-likeness (QED) is 0.597. The van der Waals surface area contributed by atoms with Crippen molar-refractivity contribution in [2.45, 2.75) is 39.3 Å². The van der Waals surface area contributed by atoms with Crippen molar-refractivity contribution < 1.29 is 19.1 Å². The fourth-order valence-corrected chi connectivity index (χ4v) is 2.95. The van der Waals surface area contributed by atoms with Crippen molar-refractivity contribution >= 4 is 35.2 Å². The molecule has 0 bridgehead atoms. The molecule has 0 aliphatic rings. The number of nitrogens with one attached hydrogen (secondary N) is 2. The maximum Gasteiger partial charge on any atom is 0.312 e. The third kappa shape index (κ3) is 6.50. The van der Waals surface area contributed by atoms with Crippen molar-refractivity contribution in [3.8, 4) is 0 Å². The fraction of sp³-hybridized carbons (Fsp3) is 0.286. The van der Waals surface area contributed by atoms with Crippen LogP contribution in [-0.2, 0) is 14.3 Å². The molecule has 3 amide bonds. The highest BCUT2D eigenvalue weighted by molar-refractivity contribution is 6.30. The van der Waals surface area contributed by atoms with Gasteiger partial charge in [-0.15, -0.1) is 0 Å². The van der Waals surface area contributed by atoms with E-state index >= 15 is 0 Å². The minimum atomic E-state index is -1.01. The third-order valence-electron chi connectivity index (χ3n) is 4.37. The van der Waals surface area contributed by atoms with Crippen molar-refractivity contribution in [1.29, 1.82) is 0 Å². The largest absolute Gasteiger partial charge is 0.452 e. The predicted molar refractivity (Wildman–Crippen MR) is 112 cm³/mol. The van der Waals surface area contributed by atoms with Gasteiger partial charge in [0.1, 0.15) is 0 Å². The number of rotatable bonds is 7. The van der Waals surface area contributed by atoms with Crippen LogP contribution in [0.15, 0.2) is 42.5 Å². The van der Waals surface area contributed by atoms with Gasteiger partial charge in [-0.2, -0.15) is 0 Å². The summed E-state index contributed by atoms with van der Waals surface area (Å²) in [5.41, 5.74) is 8.35. The Balaban J connectivity index is 2.02. The Morgan fingerprint density at radius 1 is 1.07 bits per heavy atom. The molecule has 0 radical (unpaired) electrons. The molecule has 0 saturated carbocycles. The standard InChI is InChI=1S/C21H24ClN3O4/c1-12-5-4-6-13(2)19(12)25-20(27)14(3)29-18(26)11-17(24-21(23)28)15-7-9-16(22)10-8-15/h4-10,14,17H,11H2,1-3H3,(H,25,27)(H3,23,24,28)/t14-,17+/m1/s1. The van der Waals surface area contributed by atoms with Crippen LogP contribution in [0.2, 0.25) is 5.02 Å². The maximum absolute atomic E-state index is 12.4. The summed E-state index contributed by atoms with van der Waals surface area (Å²) in [6.45, 7) is 5.25. The number of halogens is 1. The number of benzene rings is 2. The van der Waals surface area contributed by atoms with E-state index in [1.807, 2.05) is 32.0 Å². The monoisotopic (exact) mass is 417 g/mol. The Kier molecular flexibility index (Phi) is 7.61. The Hall–Kier alpha value is -3.06. The number of carbonyl (C=O) groups is 3. The SMILES string of the molecule is Cc1cccc(C)c1NC(=O)[C@@H](C)OC(=O)C[C@H](NC(N)=O)c1ccc(Cl)cc1. The molecule has 2 rings (SSSR count). The molecule has 0 saturated heterocycles. The summed E-state index contributed by atoms with van der Waals surface area (Å²) in [6.07, 6.45) is -1.20. The van der Waals surface area contributed by atoms with E-state index in [-0.39, 0.29) is 6.42 Å². The van der Waals surface area contributed by atoms with Crippen LogP contribution in [0.4, 0.5) is 10.5 Å². The molecule has 4 N–H and O–H groups in total. The van der Waals surface area contributed by atoms with Gasteiger partial charge in [0, 0.05) is 10.7 Å². The number of primary amides is 1. The summed E-state index contributed by atoms with van der Waals surface area (Å²) in [7, 11) is 0. The Morgan fingerprint density at radius 3 is 2.21 bits per heavy atom. The van der Waals surface area contributed by atoms with Gasteiger partial charge in [0.15, 0.2) is 6.10 Å². The van der Waals surface area contributed by atoms with Crippen LogP contribution >= 0.6 is 11.6 Å². The Labute approximate surface area is 174 Å². The normalized spacial score (nSPS) is 12.6. The summed E-state index contributed by atoms with van der Waals surface area (Å²) in [5.74, 6) is -1.09. The highest BCUT2D eigenvalue weighted by Gasteiger charge is 2.23. The van der Waals surface area contributed by atoms with E-state index in [2.05, 4.69) is 10.6 Å². The molecule has 0 spiro atoms. The molecule has 2 atom stereocenters. The van der Waals surface area contributed by atoms with Crippen LogP contribution < -0.4 is 16.4 Å². The predicted octanol–water partition coefficient (Wildman–Crippen LogP) is 3.63. The lowest BCUT2D eigenvalue weighted by molar-refractivity contribution is -0.153. The lowest BCUT2D eigenvalue weighted by Gasteiger charge is -2.20. The molecule has 154 valence electrons. The van der Waals surface area contributed by atoms with Crippen LogP contribution in [0, 0.1) is 13.8 Å². The first-order valence-corrected chi connectivity index (χ1v) is 9.43. The second-order valence-electron chi connectivity index (χ2n) is 6.70. The smallest absolute Gasteiger partial charge is 0.312 e. The zero-order valence-electron chi connectivity index (χ0n) is 16.5. The summed E-state index contributed by atoms with van der Waals surface area (Å²) < 4.78 is 5.25. The highest BCUT2D eigenvalue weighted by Crippen LogP contribution is 2.22. The van der Waals surface area contributed by atoms with Gasteiger partial charge in [-0.25, -0.2) is 4.79 Å². The van der Waals surface area contributed by atoms with Gasteiger partial charge in [-0.1, -0.05) is 41.9 Å². The van der Waals surface area contributed by atoms with Gasteiger partial charge < -0.3 is 21.1 Å². The molecule has 29 heavy (non-hydrogen) atoms. The van der Waals surface area contributed by atoms with E-state index in [1.54, 1.807) is 24.3 Å². The molecular weight excluding hydrogens is 394 g/mol. The van der Waals surface area contributed by atoms with Crippen LogP contribution in [0.1, 0.15) is 36.1 Å². The van der Waals surface area contributed by atoms with Gasteiger partial charge in [-0.3, -0.25) is 9.59 Å². The van der Waals surface area contributed by atoms with Gasteiger partial charge >= 0.3 is 12.0 Å². The van der Waals surface area contributed by atoms with Crippen molar-refractivity contribution in [3.05, 3.63) is 64.2 Å². The molecule has 0 heterocycles. The third-order valence-corrected chi connectivity index (χ3v) is 4.62. The zero-order valence-corrected chi connectivity index (χ0v) is 17.2. The van der Waals surface area contributed by atoms with Gasteiger partial charge in [-0.05, 0) is 49.6 Å². The van der Waals surface area contributed by atoms with Crippen molar-refractivity contribution in [2.75, 3.05) is 5.32 Å². The average molecular weight is 418 g/mol. The second-order valence-corrected chi connectivity index (χ2v) is 7.14. The molecular formula is C21H24ClN3O4. The van der Waals surface area contributed by atoms with E-state index in [9.17, 15) is 14.4 Å². The number of aryl methyl sites for hydroxylation is 2. The molecule has 0 aliphatic carbocycles. The minimum Gasteiger partial charge on any atom is -0.452 e. The van der Waals surface area contributed by atoms with E-state index < -0.39 is 30.1 Å². The van der Waals surface area contributed by atoms with E-state index in [1.165, 1.54) is 6.92 Å². The number of ether oxygens (including phenoxy) is 1. The number of para-hydroxylation sites is 1. The summed E-state index contributed by atoms with van der Waals surface area (Å²) in [5, 5.41) is 5.80. The van der Waals surface area contributed by atoms with Crippen molar-refractivity contribution in [2.24, 2.45) is 5.73 Å². The molecule has 0 aromatic heterocycles. The Bertz CT molecular complexity index is 879. The lowest BCUT2D eigenvalue weighted by atomic mass is 10.0.